The monoisotopic (exact) mass is 446 g/mol. The maximum atomic E-state index is 13.0. The lowest BCUT2D eigenvalue weighted by Gasteiger charge is -2.34. The first-order valence-corrected chi connectivity index (χ1v) is 10.6. The predicted molar refractivity (Wildman–Crippen MR) is 97.8 cm³/mol. The molecule has 0 saturated carbocycles. The summed E-state index contributed by atoms with van der Waals surface area (Å²) in [5.74, 6) is -0.615. The van der Waals surface area contributed by atoms with E-state index in [-0.39, 0.29) is 19.0 Å². The van der Waals surface area contributed by atoms with Gasteiger partial charge in [0.2, 0.25) is 10.0 Å². The van der Waals surface area contributed by atoms with Crippen LogP contribution in [0.2, 0.25) is 0 Å². The van der Waals surface area contributed by atoms with Gasteiger partial charge >= 0.3 is 0 Å². The minimum atomic E-state index is -3.57. The second-order valence-electron chi connectivity index (χ2n) is 5.67. The second-order valence-corrected chi connectivity index (χ2v) is 10.2. The Morgan fingerprint density at radius 2 is 1.76 bits per heavy atom. The fourth-order valence-electron chi connectivity index (χ4n) is 2.73. The highest BCUT2D eigenvalue weighted by molar-refractivity contribution is 9.11. The van der Waals surface area contributed by atoms with Crippen LogP contribution in [0.25, 0.3) is 0 Å². The highest BCUT2D eigenvalue weighted by Gasteiger charge is 2.32. The molecule has 0 spiro atoms. The van der Waals surface area contributed by atoms with E-state index in [4.69, 9.17) is 0 Å². The third-order valence-electron chi connectivity index (χ3n) is 4.08. The Morgan fingerprint density at radius 3 is 2.28 bits per heavy atom. The number of nitrogens with zero attached hydrogens (tertiary/aromatic N) is 2. The van der Waals surface area contributed by atoms with Gasteiger partial charge < -0.3 is 4.90 Å². The number of hydrogen-bond donors (Lipinski definition) is 0. The molecule has 1 aromatic carbocycles. The van der Waals surface area contributed by atoms with E-state index in [1.165, 1.54) is 39.9 Å². The van der Waals surface area contributed by atoms with Crippen LogP contribution in [0.4, 0.5) is 4.39 Å². The van der Waals surface area contributed by atoms with Crippen LogP contribution in [0, 0.1) is 12.7 Å². The molecule has 1 aliphatic rings. The summed E-state index contributed by atoms with van der Waals surface area (Å²) in [6.45, 7) is 2.86. The third-order valence-corrected chi connectivity index (χ3v) is 7.78. The minimum absolute atomic E-state index is 0.216. The maximum absolute atomic E-state index is 13.0. The zero-order chi connectivity index (χ0) is 18.2. The molecule has 0 bridgehead atoms. The molecule has 0 unspecified atom stereocenters. The van der Waals surface area contributed by atoms with Crippen molar-refractivity contribution in [2.45, 2.75) is 11.8 Å². The van der Waals surface area contributed by atoms with Gasteiger partial charge in [-0.1, -0.05) is 0 Å². The van der Waals surface area contributed by atoms with Gasteiger partial charge in [0.05, 0.1) is 8.68 Å². The molecule has 1 fully saturated rings. The number of piperazine rings is 1. The molecule has 2 heterocycles. The van der Waals surface area contributed by atoms with Gasteiger partial charge in [0, 0.05) is 36.6 Å². The molecular weight excluding hydrogens is 431 g/mol. The summed E-state index contributed by atoms with van der Waals surface area (Å²) < 4.78 is 40.7. The lowest BCUT2D eigenvalue weighted by Crippen LogP contribution is -2.50. The maximum Gasteiger partial charge on any atom is 0.253 e. The van der Waals surface area contributed by atoms with Crippen molar-refractivity contribution < 1.29 is 17.6 Å². The van der Waals surface area contributed by atoms with Gasteiger partial charge in [0.25, 0.3) is 5.91 Å². The zero-order valence-electron chi connectivity index (χ0n) is 13.4. The third kappa shape index (κ3) is 3.79. The number of carbonyl (C=O) groups is 1. The number of carbonyl (C=O) groups excluding carboxylic acids is 1. The lowest BCUT2D eigenvalue weighted by atomic mass is 10.2. The van der Waals surface area contributed by atoms with Crippen molar-refractivity contribution in [2.24, 2.45) is 0 Å². The molecule has 0 aliphatic carbocycles. The first-order valence-electron chi connectivity index (χ1n) is 7.60. The number of benzene rings is 1. The number of aryl methyl sites for hydroxylation is 1. The summed E-state index contributed by atoms with van der Waals surface area (Å²) in [4.78, 5) is 15.1. The Hall–Kier alpha value is -1.29. The largest absolute Gasteiger partial charge is 0.336 e. The molecule has 25 heavy (non-hydrogen) atoms. The van der Waals surface area contributed by atoms with E-state index in [1.807, 2.05) is 0 Å². The summed E-state index contributed by atoms with van der Waals surface area (Å²) in [7, 11) is -3.57. The van der Waals surface area contributed by atoms with E-state index in [0.29, 0.717) is 23.5 Å². The van der Waals surface area contributed by atoms with E-state index < -0.39 is 15.8 Å². The summed E-state index contributed by atoms with van der Waals surface area (Å²) in [5, 5.41) is 0. The van der Waals surface area contributed by atoms with Gasteiger partial charge in [0.15, 0.2) is 0 Å². The molecule has 0 N–H and O–H groups in total. The molecule has 5 nitrogen and oxygen atoms in total. The van der Waals surface area contributed by atoms with Crippen molar-refractivity contribution in [3.8, 4) is 0 Å². The molecule has 2 aromatic rings. The highest BCUT2D eigenvalue weighted by Crippen LogP contribution is 2.31. The Labute approximate surface area is 158 Å². The Balaban J connectivity index is 1.70. The molecule has 1 aliphatic heterocycles. The molecule has 1 aromatic heterocycles. The molecule has 1 amide bonds. The molecule has 9 heteroatoms. The van der Waals surface area contributed by atoms with Crippen molar-refractivity contribution in [1.82, 2.24) is 9.21 Å². The van der Waals surface area contributed by atoms with Crippen molar-refractivity contribution in [2.75, 3.05) is 26.2 Å². The second kappa shape index (κ2) is 7.14. The minimum Gasteiger partial charge on any atom is -0.336 e. The zero-order valence-corrected chi connectivity index (χ0v) is 16.6. The van der Waals surface area contributed by atoms with Crippen LogP contribution in [-0.4, -0.2) is 49.7 Å². The molecule has 134 valence electrons. The fraction of sp³-hybridized carbons (Fsp3) is 0.312. The van der Waals surface area contributed by atoms with E-state index in [2.05, 4.69) is 15.9 Å². The Kier molecular flexibility index (Phi) is 5.29. The van der Waals surface area contributed by atoms with Gasteiger partial charge in [-0.2, -0.15) is 4.31 Å². The average molecular weight is 447 g/mol. The van der Waals surface area contributed by atoms with Crippen LogP contribution in [0.5, 0.6) is 0 Å². The SMILES string of the molecule is Cc1sc(Br)cc1S(=O)(=O)N1CCN(C(=O)c2ccc(F)cc2)CC1. The Morgan fingerprint density at radius 1 is 1.16 bits per heavy atom. The van der Waals surface area contributed by atoms with Crippen LogP contribution in [0.3, 0.4) is 0 Å². The highest BCUT2D eigenvalue weighted by atomic mass is 79.9. The first-order chi connectivity index (χ1) is 11.8. The van der Waals surface area contributed by atoms with Crippen molar-refractivity contribution in [1.29, 1.82) is 0 Å². The smallest absolute Gasteiger partial charge is 0.253 e. The fourth-order valence-corrected chi connectivity index (χ4v) is 6.54. The number of rotatable bonds is 3. The van der Waals surface area contributed by atoms with Crippen LogP contribution in [-0.2, 0) is 10.0 Å². The number of thiophene rings is 1. The molecule has 0 radical (unpaired) electrons. The lowest BCUT2D eigenvalue weighted by molar-refractivity contribution is 0.0698. The average Bonchev–Trinajstić information content (AvgIpc) is 2.94. The van der Waals surface area contributed by atoms with Gasteiger partial charge in [-0.05, 0) is 53.2 Å². The molecule has 3 rings (SSSR count). The normalized spacial score (nSPS) is 16.2. The van der Waals surface area contributed by atoms with Gasteiger partial charge in [-0.15, -0.1) is 11.3 Å². The molecule has 0 atom stereocenters. The number of halogens is 2. The standard InChI is InChI=1S/C16H16BrFN2O3S2/c1-11-14(10-15(17)24-11)25(22,23)20-8-6-19(7-9-20)16(21)12-2-4-13(18)5-3-12/h2-5,10H,6-9H2,1H3. The summed E-state index contributed by atoms with van der Waals surface area (Å²) in [6.07, 6.45) is 0. The topological polar surface area (TPSA) is 57.7 Å². The van der Waals surface area contributed by atoms with Gasteiger partial charge in [-0.25, -0.2) is 12.8 Å². The van der Waals surface area contributed by atoms with Gasteiger partial charge in [-0.3, -0.25) is 4.79 Å². The molecule has 1 saturated heterocycles. The van der Waals surface area contributed by atoms with E-state index in [1.54, 1.807) is 17.9 Å². The number of sulfonamides is 1. The van der Waals surface area contributed by atoms with Crippen LogP contribution < -0.4 is 0 Å². The quantitative estimate of drug-likeness (QED) is 0.727. The van der Waals surface area contributed by atoms with Crippen LogP contribution in [0.1, 0.15) is 15.2 Å². The van der Waals surface area contributed by atoms with Crippen LogP contribution >= 0.6 is 27.3 Å². The van der Waals surface area contributed by atoms with E-state index in [9.17, 15) is 17.6 Å². The van der Waals surface area contributed by atoms with E-state index in [0.717, 1.165) is 8.66 Å². The van der Waals surface area contributed by atoms with Crippen molar-refractivity contribution in [3.05, 3.63) is 50.4 Å². The Bertz CT molecular complexity index is 889. The summed E-state index contributed by atoms with van der Waals surface area (Å²) >= 11 is 4.69. The van der Waals surface area contributed by atoms with Crippen molar-refractivity contribution >= 4 is 43.2 Å². The van der Waals surface area contributed by atoms with Crippen LogP contribution in [0.15, 0.2) is 39.0 Å². The van der Waals surface area contributed by atoms with E-state index >= 15 is 0 Å². The summed E-state index contributed by atoms with van der Waals surface area (Å²) in [6, 6.07) is 6.97. The first kappa shape index (κ1) is 18.5. The van der Waals surface area contributed by atoms with Crippen molar-refractivity contribution in [3.63, 3.8) is 0 Å². The predicted octanol–water partition coefficient (Wildman–Crippen LogP) is 3.10. The number of amides is 1. The summed E-state index contributed by atoms with van der Waals surface area (Å²) in [5.41, 5.74) is 0.398. The number of hydrogen-bond acceptors (Lipinski definition) is 4. The molecular formula is C16H16BrFN2O3S2. The van der Waals surface area contributed by atoms with Gasteiger partial charge in [0.1, 0.15) is 5.82 Å².